The molecule has 0 aliphatic carbocycles. The van der Waals surface area contributed by atoms with Crippen molar-refractivity contribution >= 4 is 5.96 Å². The second-order valence-corrected chi connectivity index (χ2v) is 6.45. The summed E-state index contributed by atoms with van der Waals surface area (Å²) in [5.74, 6) is 0.878. The smallest absolute Gasteiger partial charge is 0.191 e. The highest BCUT2D eigenvalue weighted by Gasteiger charge is 2.22. The zero-order valence-corrected chi connectivity index (χ0v) is 15.5. The van der Waals surface area contributed by atoms with Crippen molar-refractivity contribution in [3.8, 4) is 0 Å². The molecule has 2 rings (SSSR count). The van der Waals surface area contributed by atoms with Crippen LogP contribution in [0.4, 0.5) is 0 Å². The molecule has 0 unspecified atom stereocenters. The molecule has 1 aliphatic rings. The summed E-state index contributed by atoms with van der Waals surface area (Å²) in [6, 6.07) is 8.61. The largest absolute Gasteiger partial charge is 0.373 e. The zero-order chi connectivity index (χ0) is 17.4. The fourth-order valence-electron chi connectivity index (χ4n) is 3.19. The van der Waals surface area contributed by atoms with E-state index in [0.29, 0.717) is 18.8 Å². The van der Waals surface area contributed by atoms with E-state index in [0.717, 1.165) is 38.7 Å². The minimum absolute atomic E-state index is 0.299. The highest BCUT2D eigenvalue weighted by atomic mass is 16.5. The van der Waals surface area contributed by atoms with Gasteiger partial charge in [0.1, 0.15) is 0 Å². The Morgan fingerprint density at radius 2 is 1.67 bits per heavy atom. The average Bonchev–Trinajstić information content (AvgIpc) is 2.53. The van der Waals surface area contributed by atoms with E-state index in [9.17, 15) is 0 Å². The molecule has 0 amide bonds. The number of nitrogens with zero attached hydrogens (tertiary/aromatic N) is 2. The molecule has 0 aromatic heterocycles. The molecule has 2 N–H and O–H groups in total. The van der Waals surface area contributed by atoms with E-state index in [1.54, 1.807) is 0 Å². The number of benzene rings is 1. The maximum atomic E-state index is 5.84. The molecule has 1 fully saturated rings. The molecule has 1 saturated heterocycles. The lowest BCUT2D eigenvalue weighted by atomic mass is 10.1. The van der Waals surface area contributed by atoms with Gasteiger partial charge in [-0.1, -0.05) is 24.3 Å². The lowest BCUT2D eigenvalue weighted by Gasteiger charge is -2.35. The van der Waals surface area contributed by atoms with Gasteiger partial charge in [0, 0.05) is 32.7 Å². The van der Waals surface area contributed by atoms with Gasteiger partial charge in [-0.25, -0.2) is 4.99 Å². The van der Waals surface area contributed by atoms with Crippen molar-refractivity contribution in [2.75, 3.05) is 26.2 Å². The molecule has 2 atom stereocenters. The van der Waals surface area contributed by atoms with Gasteiger partial charge in [0.15, 0.2) is 5.96 Å². The van der Waals surface area contributed by atoms with Gasteiger partial charge in [0.05, 0.1) is 18.8 Å². The van der Waals surface area contributed by atoms with Crippen LogP contribution >= 0.6 is 0 Å². The number of hydrogen-bond donors (Lipinski definition) is 2. The molecule has 0 spiro atoms. The van der Waals surface area contributed by atoms with Crippen LogP contribution in [-0.2, 0) is 17.8 Å². The topological polar surface area (TPSA) is 48.9 Å². The lowest BCUT2D eigenvalue weighted by molar-refractivity contribution is -0.0705. The first-order valence-corrected chi connectivity index (χ1v) is 9.09. The van der Waals surface area contributed by atoms with Gasteiger partial charge in [-0.15, -0.1) is 0 Å². The minimum atomic E-state index is 0.299. The first-order valence-electron chi connectivity index (χ1n) is 9.09. The summed E-state index contributed by atoms with van der Waals surface area (Å²) in [7, 11) is 0. The van der Waals surface area contributed by atoms with E-state index < -0.39 is 0 Å². The fourth-order valence-corrected chi connectivity index (χ4v) is 3.19. The molecule has 5 heteroatoms. The number of aliphatic imine (C=N–C) groups is 1. The molecular weight excluding hydrogens is 300 g/mol. The standard InChI is InChI=1S/C19H32N4O/c1-5-20-19(21-6-2)22-11-17-9-7-8-10-18(17)14-23-12-15(3)24-16(4)13-23/h7-10,15-16H,5-6,11-14H2,1-4H3,(H2,20,21,22)/t15-,16-/m0/s1. The Morgan fingerprint density at radius 3 is 2.25 bits per heavy atom. The predicted molar refractivity (Wildman–Crippen MR) is 100 cm³/mol. The third kappa shape index (κ3) is 5.80. The molecule has 0 radical (unpaired) electrons. The zero-order valence-electron chi connectivity index (χ0n) is 15.5. The predicted octanol–water partition coefficient (Wildman–Crippen LogP) is 2.37. The summed E-state index contributed by atoms with van der Waals surface area (Å²) in [6.45, 7) is 13.8. The van der Waals surface area contributed by atoms with Crippen LogP contribution in [0.1, 0.15) is 38.8 Å². The number of nitrogens with one attached hydrogen (secondary N) is 2. The number of hydrogen-bond acceptors (Lipinski definition) is 3. The van der Waals surface area contributed by atoms with Crippen molar-refractivity contribution in [1.82, 2.24) is 15.5 Å². The molecule has 1 aromatic rings. The minimum Gasteiger partial charge on any atom is -0.373 e. The number of ether oxygens (including phenoxy) is 1. The summed E-state index contributed by atoms with van der Waals surface area (Å²) in [6.07, 6.45) is 0.598. The highest BCUT2D eigenvalue weighted by Crippen LogP contribution is 2.17. The average molecular weight is 332 g/mol. The van der Waals surface area contributed by atoms with Gasteiger partial charge in [-0.2, -0.15) is 0 Å². The SMILES string of the molecule is CCNC(=NCc1ccccc1CN1C[C@H](C)O[C@@H](C)C1)NCC. The van der Waals surface area contributed by atoms with Gasteiger partial charge in [0.25, 0.3) is 0 Å². The van der Waals surface area contributed by atoms with Crippen LogP contribution in [0.25, 0.3) is 0 Å². The van der Waals surface area contributed by atoms with E-state index in [1.165, 1.54) is 11.1 Å². The molecular formula is C19H32N4O. The molecule has 1 aromatic carbocycles. The van der Waals surface area contributed by atoms with Crippen molar-refractivity contribution in [1.29, 1.82) is 0 Å². The number of morpholine rings is 1. The Hall–Kier alpha value is -1.59. The van der Waals surface area contributed by atoms with Gasteiger partial charge in [-0.05, 0) is 38.8 Å². The maximum absolute atomic E-state index is 5.84. The quantitative estimate of drug-likeness (QED) is 0.620. The van der Waals surface area contributed by atoms with E-state index >= 15 is 0 Å². The van der Waals surface area contributed by atoms with Crippen molar-refractivity contribution < 1.29 is 4.74 Å². The van der Waals surface area contributed by atoms with Gasteiger partial charge < -0.3 is 15.4 Å². The summed E-state index contributed by atoms with van der Waals surface area (Å²) >= 11 is 0. The van der Waals surface area contributed by atoms with Gasteiger partial charge >= 0.3 is 0 Å². The normalized spacial score (nSPS) is 21.3. The molecule has 134 valence electrons. The van der Waals surface area contributed by atoms with Crippen LogP contribution in [0.3, 0.4) is 0 Å². The Balaban J connectivity index is 2.05. The molecule has 0 saturated carbocycles. The van der Waals surface area contributed by atoms with Crippen molar-refractivity contribution in [3.05, 3.63) is 35.4 Å². The summed E-state index contributed by atoms with van der Waals surface area (Å²) in [4.78, 5) is 7.19. The van der Waals surface area contributed by atoms with Crippen LogP contribution in [-0.4, -0.2) is 49.2 Å². The van der Waals surface area contributed by atoms with Crippen LogP contribution < -0.4 is 10.6 Å². The van der Waals surface area contributed by atoms with E-state index in [2.05, 4.69) is 67.5 Å². The fraction of sp³-hybridized carbons (Fsp3) is 0.632. The Morgan fingerprint density at radius 1 is 1.08 bits per heavy atom. The molecule has 5 nitrogen and oxygen atoms in total. The monoisotopic (exact) mass is 332 g/mol. The van der Waals surface area contributed by atoms with E-state index in [-0.39, 0.29) is 0 Å². The molecule has 24 heavy (non-hydrogen) atoms. The number of guanidine groups is 1. The molecule has 0 bridgehead atoms. The van der Waals surface area contributed by atoms with Gasteiger partial charge in [-0.3, -0.25) is 4.90 Å². The summed E-state index contributed by atoms with van der Waals surface area (Å²) in [5, 5.41) is 6.56. The Kier molecular flexibility index (Phi) is 7.53. The van der Waals surface area contributed by atoms with E-state index in [1.807, 2.05) is 0 Å². The molecule has 1 heterocycles. The van der Waals surface area contributed by atoms with Crippen LogP contribution in [0.15, 0.2) is 29.3 Å². The van der Waals surface area contributed by atoms with Crippen LogP contribution in [0.2, 0.25) is 0 Å². The van der Waals surface area contributed by atoms with Crippen molar-refractivity contribution in [3.63, 3.8) is 0 Å². The summed E-state index contributed by atoms with van der Waals surface area (Å²) in [5.41, 5.74) is 2.65. The first-order chi connectivity index (χ1) is 11.6. The Bertz CT molecular complexity index is 514. The van der Waals surface area contributed by atoms with Crippen LogP contribution in [0, 0.1) is 0 Å². The summed E-state index contributed by atoms with van der Waals surface area (Å²) < 4.78 is 5.84. The lowest BCUT2D eigenvalue weighted by Crippen LogP contribution is -2.44. The van der Waals surface area contributed by atoms with Crippen LogP contribution in [0.5, 0.6) is 0 Å². The van der Waals surface area contributed by atoms with Gasteiger partial charge in [0.2, 0.25) is 0 Å². The van der Waals surface area contributed by atoms with Crippen molar-refractivity contribution in [2.24, 2.45) is 4.99 Å². The van der Waals surface area contributed by atoms with Crippen molar-refractivity contribution in [2.45, 2.75) is 53.0 Å². The number of rotatable bonds is 6. The third-order valence-electron chi connectivity index (χ3n) is 4.10. The second-order valence-electron chi connectivity index (χ2n) is 6.45. The van der Waals surface area contributed by atoms with E-state index in [4.69, 9.17) is 9.73 Å². The second kappa shape index (κ2) is 9.64. The highest BCUT2D eigenvalue weighted by molar-refractivity contribution is 5.79. The Labute approximate surface area is 146 Å². The third-order valence-corrected chi connectivity index (χ3v) is 4.10. The first kappa shape index (κ1) is 18.7. The molecule has 1 aliphatic heterocycles. The maximum Gasteiger partial charge on any atom is 0.191 e.